The number of nitrogens with two attached hydrogens (primary N) is 1. The monoisotopic (exact) mass is 345 g/mol. The van der Waals surface area contributed by atoms with Crippen molar-refractivity contribution in [3.05, 3.63) is 29.8 Å². The minimum Gasteiger partial charge on any atom is -0.461 e. The average Bonchev–Trinajstić information content (AvgIpc) is 2.67. The van der Waals surface area contributed by atoms with Gasteiger partial charge in [0.05, 0.1) is 5.92 Å². The summed E-state index contributed by atoms with van der Waals surface area (Å²) in [6.07, 6.45) is 4.13. The molecule has 0 atom stereocenters. The number of anilines is 1. The number of ether oxygens (including phenoxy) is 1. The van der Waals surface area contributed by atoms with Gasteiger partial charge in [-0.15, -0.1) is 0 Å². The summed E-state index contributed by atoms with van der Waals surface area (Å²) in [5, 5.41) is 0. The van der Waals surface area contributed by atoms with E-state index in [9.17, 15) is 4.79 Å². The van der Waals surface area contributed by atoms with Gasteiger partial charge in [-0.25, -0.2) is 0 Å². The largest absolute Gasteiger partial charge is 0.461 e. The number of esters is 1. The molecule has 2 fully saturated rings. The molecule has 0 aliphatic carbocycles. The predicted octanol–water partition coefficient (Wildman–Crippen LogP) is 2.25. The first kappa shape index (κ1) is 18.2. The number of hydrogen-bond donors (Lipinski definition) is 1. The average molecular weight is 345 g/mol. The van der Waals surface area contributed by atoms with Crippen LogP contribution < -0.4 is 10.6 Å². The summed E-state index contributed by atoms with van der Waals surface area (Å²) in [6.45, 7) is 5.24. The topological polar surface area (TPSA) is 58.8 Å². The van der Waals surface area contributed by atoms with E-state index in [-0.39, 0.29) is 11.9 Å². The Morgan fingerprint density at radius 3 is 2.56 bits per heavy atom. The summed E-state index contributed by atoms with van der Waals surface area (Å²) in [7, 11) is 2.10. The van der Waals surface area contributed by atoms with Crippen LogP contribution in [0.2, 0.25) is 0 Å². The Hall–Kier alpha value is -1.59. The third-order valence-corrected chi connectivity index (χ3v) is 5.66. The van der Waals surface area contributed by atoms with Crippen molar-refractivity contribution in [1.29, 1.82) is 0 Å². The maximum absolute atomic E-state index is 12.3. The molecule has 0 unspecified atom stereocenters. The number of benzene rings is 1. The van der Waals surface area contributed by atoms with E-state index < -0.39 is 0 Å². The van der Waals surface area contributed by atoms with Gasteiger partial charge < -0.3 is 20.3 Å². The Bertz CT molecular complexity index is 562. The lowest BCUT2D eigenvalue weighted by Crippen LogP contribution is -2.36. The first-order valence-electron chi connectivity index (χ1n) is 9.55. The highest BCUT2D eigenvalue weighted by molar-refractivity contribution is 5.72. The third-order valence-electron chi connectivity index (χ3n) is 5.66. The summed E-state index contributed by atoms with van der Waals surface area (Å²) in [4.78, 5) is 16.9. The molecular weight excluding hydrogens is 314 g/mol. The smallest absolute Gasteiger partial charge is 0.309 e. The fourth-order valence-corrected chi connectivity index (χ4v) is 3.79. The molecule has 0 radical (unpaired) electrons. The molecule has 2 heterocycles. The number of carbonyl (C=O) groups is 1. The molecular formula is C20H31N3O2. The number of nitrogens with zero attached hydrogens (tertiary/aromatic N) is 2. The maximum Gasteiger partial charge on any atom is 0.309 e. The van der Waals surface area contributed by atoms with Crippen LogP contribution in [-0.2, 0) is 16.1 Å². The lowest BCUT2D eigenvalue weighted by atomic mass is 9.96. The van der Waals surface area contributed by atoms with Crippen molar-refractivity contribution in [2.75, 3.05) is 44.7 Å². The molecule has 2 aliphatic heterocycles. The molecule has 0 saturated carbocycles. The highest BCUT2D eigenvalue weighted by Gasteiger charge is 2.24. The van der Waals surface area contributed by atoms with Crippen molar-refractivity contribution < 1.29 is 9.53 Å². The van der Waals surface area contributed by atoms with E-state index in [0.717, 1.165) is 64.0 Å². The highest BCUT2D eigenvalue weighted by atomic mass is 16.5. The molecule has 0 spiro atoms. The lowest BCUT2D eigenvalue weighted by molar-refractivity contribution is -0.151. The van der Waals surface area contributed by atoms with E-state index >= 15 is 0 Å². The van der Waals surface area contributed by atoms with E-state index in [1.165, 1.54) is 5.69 Å². The van der Waals surface area contributed by atoms with Crippen molar-refractivity contribution in [1.82, 2.24) is 4.90 Å². The second kappa shape index (κ2) is 8.68. The van der Waals surface area contributed by atoms with Crippen molar-refractivity contribution in [2.45, 2.75) is 32.3 Å². The van der Waals surface area contributed by atoms with Crippen LogP contribution >= 0.6 is 0 Å². The van der Waals surface area contributed by atoms with E-state index in [1.54, 1.807) is 0 Å². The second-order valence-electron chi connectivity index (χ2n) is 7.52. The third kappa shape index (κ3) is 4.95. The van der Waals surface area contributed by atoms with Crippen LogP contribution in [0.15, 0.2) is 24.3 Å². The standard InChI is InChI=1S/C20H31N3O2/c1-22-9-7-18(8-10-22)20(24)25-15-17-3-2-4-19(13-17)23-11-5-16(14-21)6-12-23/h2-4,13,16,18H,5-12,14-15,21H2,1H3. The molecule has 0 aromatic heterocycles. The minimum absolute atomic E-state index is 0.0396. The Balaban J connectivity index is 1.51. The molecule has 5 nitrogen and oxygen atoms in total. The number of piperidine rings is 2. The molecule has 138 valence electrons. The molecule has 0 amide bonds. The first-order valence-corrected chi connectivity index (χ1v) is 9.55. The number of likely N-dealkylation sites (tertiary alicyclic amines) is 1. The Morgan fingerprint density at radius 1 is 1.16 bits per heavy atom. The van der Waals surface area contributed by atoms with Crippen LogP contribution in [0.5, 0.6) is 0 Å². The Labute approximate surface area is 151 Å². The molecule has 25 heavy (non-hydrogen) atoms. The summed E-state index contributed by atoms with van der Waals surface area (Å²) in [6, 6.07) is 8.40. The van der Waals surface area contributed by atoms with Crippen LogP contribution in [0, 0.1) is 11.8 Å². The zero-order valence-electron chi connectivity index (χ0n) is 15.3. The zero-order chi connectivity index (χ0) is 17.6. The summed E-state index contributed by atoms with van der Waals surface area (Å²) in [5.41, 5.74) is 8.07. The van der Waals surface area contributed by atoms with Gasteiger partial charge in [-0.2, -0.15) is 0 Å². The quantitative estimate of drug-likeness (QED) is 0.830. The van der Waals surface area contributed by atoms with E-state index in [4.69, 9.17) is 10.5 Å². The van der Waals surface area contributed by atoms with Gasteiger partial charge in [0.1, 0.15) is 6.61 Å². The van der Waals surface area contributed by atoms with E-state index in [0.29, 0.717) is 12.5 Å². The van der Waals surface area contributed by atoms with Gasteiger partial charge >= 0.3 is 5.97 Å². The Kier molecular flexibility index (Phi) is 6.32. The molecule has 5 heteroatoms. The van der Waals surface area contributed by atoms with E-state index in [1.807, 2.05) is 6.07 Å². The van der Waals surface area contributed by atoms with Crippen molar-refractivity contribution in [3.63, 3.8) is 0 Å². The molecule has 0 bridgehead atoms. The van der Waals surface area contributed by atoms with Crippen LogP contribution in [0.3, 0.4) is 0 Å². The minimum atomic E-state index is -0.0396. The SMILES string of the molecule is CN1CCC(C(=O)OCc2cccc(N3CCC(CN)CC3)c2)CC1. The molecule has 2 N–H and O–H groups in total. The van der Waals surface area contributed by atoms with Gasteiger partial charge in [0.25, 0.3) is 0 Å². The molecule has 1 aromatic rings. The first-order chi connectivity index (χ1) is 12.2. The van der Waals surface area contributed by atoms with Crippen molar-refractivity contribution >= 4 is 11.7 Å². The number of carbonyl (C=O) groups excluding carboxylic acids is 1. The summed E-state index contributed by atoms with van der Waals surface area (Å²) < 4.78 is 5.59. The predicted molar refractivity (Wildman–Crippen MR) is 100 cm³/mol. The lowest BCUT2D eigenvalue weighted by Gasteiger charge is -2.33. The van der Waals surface area contributed by atoms with E-state index in [2.05, 4.69) is 35.0 Å². The Morgan fingerprint density at radius 2 is 1.88 bits per heavy atom. The van der Waals surface area contributed by atoms with Crippen LogP contribution in [0.25, 0.3) is 0 Å². The van der Waals surface area contributed by atoms with Gasteiger partial charge in [-0.1, -0.05) is 12.1 Å². The number of hydrogen-bond acceptors (Lipinski definition) is 5. The summed E-state index contributed by atoms with van der Waals surface area (Å²) in [5.74, 6) is 0.687. The normalized spacial score (nSPS) is 20.6. The number of rotatable bonds is 5. The molecule has 2 saturated heterocycles. The van der Waals surface area contributed by atoms with Crippen LogP contribution in [0.1, 0.15) is 31.2 Å². The van der Waals surface area contributed by atoms with Gasteiger partial charge in [0.2, 0.25) is 0 Å². The highest BCUT2D eigenvalue weighted by Crippen LogP contribution is 2.24. The van der Waals surface area contributed by atoms with Gasteiger partial charge in [-0.3, -0.25) is 4.79 Å². The van der Waals surface area contributed by atoms with Crippen molar-refractivity contribution in [2.24, 2.45) is 17.6 Å². The van der Waals surface area contributed by atoms with Gasteiger partial charge in [0.15, 0.2) is 0 Å². The fraction of sp³-hybridized carbons (Fsp3) is 0.650. The summed E-state index contributed by atoms with van der Waals surface area (Å²) >= 11 is 0. The molecule has 2 aliphatic rings. The van der Waals surface area contributed by atoms with Gasteiger partial charge in [-0.05, 0) is 76.0 Å². The zero-order valence-corrected chi connectivity index (χ0v) is 15.3. The maximum atomic E-state index is 12.3. The van der Waals surface area contributed by atoms with Crippen molar-refractivity contribution in [3.8, 4) is 0 Å². The van der Waals surface area contributed by atoms with Gasteiger partial charge in [0, 0.05) is 18.8 Å². The second-order valence-corrected chi connectivity index (χ2v) is 7.52. The van der Waals surface area contributed by atoms with Crippen LogP contribution in [-0.4, -0.2) is 50.6 Å². The molecule has 3 rings (SSSR count). The molecule has 1 aromatic carbocycles. The van der Waals surface area contributed by atoms with Crippen LogP contribution in [0.4, 0.5) is 5.69 Å². The fourth-order valence-electron chi connectivity index (χ4n) is 3.79.